The van der Waals surface area contributed by atoms with E-state index in [1.165, 1.54) is 42.5 Å². The number of rotatable bonds is 1. The molecule has 1 aromatic heterocycles. The first-order valence-electron chi connectivity index (χ1n) is 9.29. The summed E-state index contributed by atoms with van der Waals surface area (Å²) in [4.78, 5) is 0. The molecule has 2 aliphatic carbocycles. The molecule has 3 nitrogen and oxygen atoms in total. The summed E-state index contributed by atoms with van der Waals surface area (Å²) in [7, 11) is 0. The maximum Gasteiger partial charge on any atom is 0.123 e. The number of hydrogen-bond acceptors (Lipinski definition) is 2. The van der Waals surface area contributed by atoms with Crippen LogP contribution in [0.3, 0.4) is 0 Å². The highest BCUT2D eigenvalue weighted by atomic mass is 19.1. The van der Waals surface area contributed by atoms with Gasteiger partial charge in [-0.15, -0.1) is 0 Å². The molecule has 0 N–H and O–H groups in total. The van der Waals surface area contributed by atoms with Crippen LogP contribution in [-0.2, 0) is 11.2 Å². The van der Waals surface area contributed by atoms with Gasteiger partial charge in [-0.05, 0) is 74.4 Å². The topological polar surface area (TPSA) is 27.1 Å². The summed E-state index contributed by atoms with van der Waals surface area (Å²) in [5.74, 6) is -0.220. The van der Waals surface area contributed by atoms with Crippen molar-refractivity contribution in [2.75, 3.05) is 6.61 Å². The number of hydrogen-bond donors (Lipinski definition) is 0. The Morgan fingerprint density at radius 2 is 2.00 bits per heavy atom. The molecule has 0 unspecified atom stereocenters. The van der Waals surface area contributed by atoms with Gasteiger partial charge in [-0.1, -0.05) is 12.5 Å². The molecule has 2 atom stereocenters. The first-order chi connectivity index (χ1) is 12.1. The molecule has 2 heterocycles. The van der Waals surface area contributed by atoms with Gasteiger partial charge in [-0.3, -0.25) is 0 Å². The lowest BCUT2D eigenvalue weighted by molar-refractivity contribution is -0.130. The zero-order chi connectivity index (χ0) is 17.1. The van der Waals surface area contributed by atoms with Gasteiger partial charge in [0.2, 0.25) is 0 Å². The van der Waals surface area contributed by atoms with E-state index in [9.17, 15) is 4.39 Å². The average molecular weight is 338 g/mol. The van der Waals surface area contributed by atoms with Crippen LogP contribution in [0.4, 0.5) is 4.39 Å². The van der Waals surface area contributed by atoms with E-state index >= 15 is 0 Å². The van der Waals surface area contributed by atoms with Crippen LogP contribution in [0.15, 0.2) is 36.0 Å². The van der Waals surface area contributed by atoms with Crippen LogP contribution in [0.5, 0.6) is 0 Å². The van der Waals surface area contributed by atoms with Gasteiger partial charge in [0.05, 0.1) is 23.2 Å². The van der Waals surface area contributed by atoms with Crippen LogP contribution >= 0.6 is 0 Å². The molecule has 1 saturated heterocycles. The fourth-order valence-electron chi connectivity index (χ4n) is 5.19. The number of nitrogens with zero attached hydrogens (tertiary/aromatic N) is 2. The van der Waals surface area contributed by atoms with E-state index in [1.54, 1.807) is 12.1 Å². The Morgan fingerprint density at radius 3 is 2.76 bits per heavy atom. The molecule has 1 aromatic carbocycles. The van der Waals surface area contributed by atoms with Crippen molar-refractivity contribution in [3.8, 4) is 5.69 Å². The lowest BCUT2D eigenvalue weighted by Crippen LogP contribution is -2.49. The van der Waals surface area contributed by atoms with Crippen LogP contribution < -0.4 is 0 Å². The molecule has 5 rings (SSSR count). The van der Waals surface area contributed by atoms with E-state index in [1.807, 2.05) is 10.9 Å². The van der Waals surface area contributed by atoms with E-state index in [2.05, 4.69) is 18.1 Å². The van der Waals surface area contributed by atoms with Crippen molar-refractivity contribution >= 4 is 6.08 Å². The molecule has 25 heavy (non-hydrogen) atoms. The summed E-state index contributed by atoms with van der Waals surface area (Å²) in [6.45, 7) is 3.28. The van der Waals surface area contributed by atoms with Crippen molar-refractivity contribution < 1.29 is 9.13 Å². The summed E-state index contributed by atoms with van der Waals surface area (Å²) < 4.78 is 21.6. The Hall–Kier alpha value is -1.94. The fourth-order valence-corrected chi connectivity index (χ4v) is 5.19. The van der Waals surface area contributed by atoms with Crippen LogP contribution in [0.1, 0.15) is 50.3 Å². The molecule has 2 fully saturated rings. The molecule has 2 aromatic rings. The highest BCUT2D eigenvalue weighted by molar-refractivity contribution is 5.62. The molecule has 130 valence electrons. The molecule has 4 heteroatoms. The highest BCUT2D eigenvalue weighted by Gasteiger charge is 2.57. The number of fused-ring (bicyclic) bond motifs is 3. The molecular weight excluding hydrogens is 315 g/mol. The molecule has 3 aliphatic rings. The number of ether oxygens (including phenoxy) is 1. The minimum absolute atomic E-state index is 0.00670. The Balaban J connectivity index is 1.57. The average Bonchev–Trinajstić information content (AvgIpc) is 3.14. The third kappa shape index (κ3) is 2.10. The minimum Gasteiger partial charge on any atom is -0.374 e. The van der Waals surface area contributed by atoms with Crippen molar-refractivity contribution in [1.29, 1.82) is 0 Å². The normalized spacial score (nSPS) is 30.9. The molecule has 0 bridgehead atoms. The zero-order valence-electron chi connectivity index (χ0n) is 14.6. The third-order valence-corrected chi connectivity index (χ3v) is 6.68. The largest absolute Gasteiger partial charge is 0.374 e. The van der Waals surface area contributed by atoms with Gasteiger partial charge >= 0.3 is 0 Å². The maximum absolute atomic E-state index is 13.2. The monoisotopic (exact) mass is 338 g/mol. The maximum atomic E-state index is 13.2. The molecule has 0 radical (unpaired) electrons. The Kier molecular flexibility index (Phi) is 3.23. The standard InChI is InChI=1S/C21H23FN2O/c1-20-13-15-14-23-24(18-6-4-17(22)5-7-18)19(15)12-16(20)8-10-21(20)9-2-3-11-25-21/h4-7,12,14H,2-3,8-11,13H2,1H3/t20-,21-/m0/s1. The summed E-state index contributed by atoms with van der Waals surface area (Å²) in [5.41, 5.74) is 4.90. The van der Waals surface area contributed by atoms with E-state index < -0.39 is 0 Å². The van der Waals surface area contributed by atoms with Gasteiger partial charge in [0, 0.05) is 12.0 Å². The van der Waals surface area contributed by atoms with Crippen LogP contribution in [0.2, 0.25) is 0 Å². The van der Waals surface area contributed by atoms with E-state index in [0.717, 1.165) is 37.3 Å². The number of halogens is 1. The second-order valence-corrected chi connectivity index (χ2v) is 7.92. The summed E-state index contributed by atoms with van der Waals surface area (Å²) in [6, 6.07) is 6.55. The van der Waals surface area contributed by atoms with Crippen molar-refractivity contribution in [2.24, 2.45) is 5.41 Å². The molecular formula is C21H23FN2O. The van der Waals surface area contributed by atoms with E-state index in [0.29, 0.717) is 0 Å². The predicted molar refractivity (Wildman–Crippen MR) is 95.1 cm³/mol. The van der Waals surface area contributed by atoms with Crippen molar-refractivity contribution in [2.45, 2.75) is 51.0 Å². The van der Waals surface area contributed by atoms with Crippen LogP contribution in [0, 0.1) is 11.2 Å². The highest BCUT2D eigenvalue weighted by Crippen LogP contribution is 2.59. The Bertz CT molecular complexity index is 845. The van der Waals surface area contributed by atoms with Gasteiger partial charge < -0.3 is 4.74 Å². The first kappa shape index (κ1) is 15.3. The second-order valence-electron chi connectivity index (χ2n) is 7.92. The van der Waals surface area contributed by atoms with E-state index in [-0.39, 0.29) is 16.8 Å². The van der Waals surface area contributed by atoms with E-state index in [4.69, 9.17) is 4.74 Å². The van der Waals surface area contributed by atoms with Crippen molar-refractivity contribution in [1.82, 2.24) is 9.78 Å². The molecule has 1 spiro atoms. The number of benzene rings is 1. The van der Waals surface area contributed by atoms with Gasteiger partial charge in [0.15, 0.2) is 0 Å². The minimum atomic E-state index is -0.220. The van der Waals surface area contributed by atoms with Crippen LogP contribution in [-0.4, -0.2) is 22.0 Å². The molecule has 1 aliphatic heterocycles. The second kappa shape index (κ2) is 5.28. The van der Waals surface area contributed by atoms with Crippen molar-refractivity contribution in [3.05, 3.63) is 53.1 Å². The fraction of sp³-hybridized carbons (Fsp3) is 0.476. The Labute approximate surface area is 147 Å². The van der Waals surface area contributed by atoms with Gasteiger partial charge in [0.1, 0.15) is 5.82 Å². The number of aromatic nitrogens is 2. The lowest BCUT2D eigenvalue weighted by Gasteiger charge is -2.47. The first-order valence-corrected chi connectivity index (χ1v) is 9.29. The smallest absolute Gasteiger partial charge is 0.123 e. The quantitative estimate of drug-likeness (QED) is 0.754. The Morgan fingerprint density at radius 1 is 1.16 bits per heavy atom. The SMILES string of the molecule is C[C@]12Cc3cnn(-c4ccc(F)cc4)c3C=C1CC[C@@]21CCCCO1. The van der Waals surface area contributed by atoms with Crippen LogP contribution in [0.25, 0.3) is 11.8 Å². The third-order valence-electron chi connectivity index (χ3n) is 6.68. The zero-order valence-corrected chi connectivity index (χ0v) is 14.6. The summed E-state index contributed by atoms with van der Waals surface area (Å²) >= 11 is 0. The summed E-state index contributed by atoms with van der Waals surface area (Å²) in [6.07, 6.45) is 11.1. The molecule has 0 amide bonds. The predicted octanol–water partition coefficient (Wildman–Crippen LogP) is 4.69. The van der Waals surface area contributed by atoms with Gasteiger partial charge in [-0.2, -0.15) is 5.10 Å². The van der Waals surface area contributed by atoms with Gasteiger partial charge in [-0.25, -0.2) is 9.07 Å². The molecule has 1 saturated carbocycles. The summed E-state index contributed by atoms with van der Waals surface area (Å²) in [5, 5.41) is 4.60. The lowest BCUT2D eigenvalue weighted by atomic mass is 9.65. The van der Waals surface area contributed by atoms with Gasteiger partial charge in [0.25, 0.3) is 0 Å². The van der Waals surface area contributed by atoms with Crippen molar-refractivity contribution in [3.63, 3.8) is 0 Å².